The van der Waals surface area contributed by atoms with Gasteiger partial charge in [0.05, 0.1) is 5.39 Å². The van der Waals surface area contributed by atoms with Crippen LogP contribution in [-0.4, -0.2) is 20.6 Å². The lowest BCUT2D eigenvalue weighted by Crippen LogP contribution is -2.33. The summed E-state index contributed by atoms with van der Waals surface area (Å²) >= 11 is 1.60. The molecule has 0 bridgehead atoms. The topological polar surface area (TPSA) is 72.2 Å². The second-order valence-corrected chi connectivity index (χ2v) is 9.33. The number of hydrogen-bond acceptors (Lipinski definition) is 4. The molecule has 0 fully saturated rings. The van der Waals surface area contributed by atoms with Gasteiger partial charge in [-0.05, 0) is 63.0 Å². The van der Waals surface area contributed by atoms with Crippen molar-refractivity contribution in [3.05, 3.63) is 62.0 Å². The molecule has 2 atom stereocenters. The Labute approximate surface area is 174 Å². The molecule has 29 heavy (non-hydrogen) atoms. The van der Waals surface area contributed by atoms with E-state index in [1.165, 1.54) is 15.0 Å². The number of benzene rings is 1. The molecule has 3 aromatic rings. The van der Waals surface area contributed by atoms with Crippen molar-refractivity contribution in [3.63, 3.8) is 0 Å². The average Bonchev–Trinajstić information content (AvgIpc) is 3.02. The highest BCUT2D eigenvalue weighted by Crippen LogP contribution is 2.36. The summed E-state index contributed by atoms with van der Waals surface area (Å²) in [5.41, 5.74) is 3.14. The standard InChI is InChI=1S/C23H26N2O3S/c1-13-4-7-16(8-5-13)9-11-18(23(27)28)25-15(3)24-21-20(22(25)26)17-10-6-14(2)12-19(17)29-21/h4-5,7-8,14,18H,6,9-12H2,1-3H3,(H,27,28). The number of hydrogen-bond donors (Lipinski definition) is 1. The number of fused-ring (bicyclic) bond motifs is 3. The number of aliphatic carboxylic acids is 1. The second kappa shape index (κ2) is 7.75. The van der Waals surface area contributed by atoms with E-state index in [4.69, 9.17) is 0 Å². The zero-order chi connectivity index (χ0) is 20.7. The van der Waals surface area contributed by atoms with Crippen LogP contribution in [0.5, 0.6) is 0 Å². The molecule has 0 radical (unpaired) electrons. The summed E-state index contributed by atoms with van der Waals surface area (Å²) in [6.07, 6.45) is 3.86. The van der Waals surface area contributed by atoms with Gasteiger partial charge in [-0.3, -0.25) is 9.36 Å². The number of nitrogens with zero attached hydrogens (tertiary/aromatic N) is 2. The molecule has 1 N–H and O–H groups in total. The van der Waals surface area contributed by atoms with Gasteiger partial charge in [0.15, 0.2) is 0 Å². The van der Waals surface area contributed by atoms with E-state index >= 15 is 0 Å². The zero-order valence-electron chi connectivity index (χ0n) is 17.1. The lowest BCUT2D eigenvalue weighted by molar-refractivity contribution is -0.141. The zero-order valence-corrected chi connectivity index (χ0v) is 17.9. The van der Waals surface area contributed by atoms with Crippen LogP contribution in [0.25, 0.3) is 10.2 Å². The van der Waals surface area contributed by atoms with E-state index in [9.17, 15) is 14.7 Å². The van der Waals surface area contributed by atoms with Crippen molar-refractivity contribution in [1.82, 2.24) is 9.55 Å². The van der Waals surface area contributed by atoms with Gasteiger partial charge in [-0.2, -0.15) is 0 Å². The first kappa shape index (κ1) is 19.8. The molecule has 2 heterocycles. The molecule has 4 rings (SSSR count). The summed E-state index contributed by atoms with van der Waals surface area (Å²) in [5, 5.41) is 10.6. The van der Waals surface area contributed by atoms with E-state index < -0.39 is 12.0 Å². The molecule has 1 aliphatic rings. The molecular formula is C23H26N2O3S. The van der Waals surface area contributed by atoms with Crippen molar-refractivity contribution in [2.45, 2.75) is 58.9 Å². The van der Waals surface area contributed by atoms with Crippen molar-refractivity contribution in [2.24, 2.45) is 5.92 Å². The lowest BCUT2D eigenvalue weighted by Gasteiger charge is -2.19. The normalized spacial score (nSPS) is 17.3. The lowest BCUT2D eigenvalue weighted by atomic mass is 9.89. The van der Waals surface area contributed by atoms with Crippen molar-refractivity contribution < 1.29 is 9.90 Å². The van der Waals surface area contributed by atoms with Crippen LogP contribution in [-0.2, 0) is 24.1 Å². The maximum atomic E-state index is 13.4. The van der Waals surface area contributed by atoms with Gasteiger partial charge in [0.1, 0.15) is 16.7 Å². The Bertz CT molecular complexity index is 1130. The highest BCUT2D eigenvalue weighted by atomic mass is 32.1. The Balaban J connectivity index is 1.74. The van der Waals surface area contributed by atoms with Crippen molar-refractivity contribution in [1.29, 1.82) is 0 Å². The third-order valence-corrected chi connectivity index (χ3v) is 7.11. The van der Waals surface area contributed by atoms with Gasteiger partial charge in [-0.25, -0.2) is 9.78 Å². The molecule has 1 aromatic carbocycles. The van der Waals surface area contributed by atoms with E-state index in [1.807, 2.05) is 31.2 Å². The summed E-state index contributed by atoms with van der Waals surface area (Å²) in [6, 6.07) is 7.16. The summed E-state index contributed by atoms with van der Waals surface area (Å²) in [5.74, 6) is 0.104. The molecule has 0 spiro atoms. The fourth-order valence-electron chi connectivity index (χ4n) is 4.29. The third kappa shape index (κ3) is 3.73. The predicted octanol–water partition coefficient (Wildman–Crippen LogP) is 4.46. The van der Waals surface area contributed by atoms with Crippen LogP contribution in [0.2, 0.25) is 0 Å². The molecule has 6 heteroatoms. The van der Waals surface area contributed by atoms with Crippen LogP contribution < -0.4 is 5.56 Å². The highest BCUT2D eigenvalue weighted by molar-refractivity contribution is 7.18. The quantitative estimate of drug-likeness (QED) is 0.674. The maximum absolute atomic E-state index is 13.4. The largest absolute Gasteiger partial charge is 0.480 e. The van der Waals surface area contributed by atoms with Gasteiger partial charge < -0.3 is 5.11 Å². The molecule has 0 saturated heterocycles. The first-order chi connectivity index (χ1) is 13.8. The molecule has 2 aromatic heterocycles. The van der Waals surface area contributed by atoms with Gasteiger partial charge in [0.25, 0.3) is 5.56 Å². The van der Waals surface area contributed by atoms with E-state index in [2.05, 4.69) is 11.9 Å². The van der Waals surface area contributed by atoms with Crippen molar-refractivity contribution in [2.75, 3.05) is 0 Å². The Morgan fingerprint density at radius 1 is 1.31 bits per heavy atom. The highest BCUT2D eigenvalue weighted by Gasteiger charge is 2.28. The van der Waals surface area contributed by atoms with Gasteiger partial charge in [0, 0.05) is 4.88 Å². The number of carboxylic acid groups (broad SMARTS) is 1. The van der Waals surface area contributed by atoms with Gasteiger partial charge in [-0.1, -0.05) is 36.8 Å². The summed E-state index contributed by atoms with van der Waals surface area (Å²) in [4.78, 5) is 32.2. The molecule has 0 saturated carbocycles. The monoisotopic (exact) mass is 410 g/mol. The van der Waals surface area contributed by atoms with Crippen LogP contribution >= 0.6 is 11.3 Å². The van der Waals surface area contributed by atoms with E-state index in [0.29, 0.717) is 30.0 Å². The molecular weight excluding hydrogens is 384 g/mol. The van der Waals surface area contributed by atoms with Crippen molar-refractivity contribution >= 4 is 27.5 Å². The third-order valence-electron chi connectivity index (χ3n) is 5.96. The predicted molar refractivity (Wildman–Crippen MR) is 116 cm³/mol. The van der Waals surface area contributed by atoms with Crippen LogP contribution in [0.1, 0.15) is 53.2 Å². The summed E-state index contributed by atoms with van der Waals surface area (Å²) in [6.45, 7) is 6.00. The SMILES string of the molecule is Cc1ccc(CCC(C(=O)O)n2c(C)nc3sc4c(c3c2=O)CCC(C)C4)cc1. The van der Waals surface area contributed by atoms with Crippen LogP contribution in [0.3, 0.4) is 0 Å². The van der Waals surface area contributed by atoms with E-state index in [0.717, 1.165) is 35.2 Å². The van der Waals surface area contributed by atoms with E-state index in [1.54, 1.807) is 18.3 Å². The second-order valence-electron chi connectivity index (χ2n) is 8.24. The van der Waals surface area contributed by atoms with E-state index in [-0.39, 0.29) is 5.56 Å². The number of aryl methyl sites for hydroxylation is 4. The number of carboxylic acids is 1. The van der Waals surface area contributed by atoms with Gasteiger partial charge in [0.2, 0.25) is 0 Å². The minimum atomic E-state index is -0.985. The number of carbonyl (C=O) groups is 1. The smallest absolute Gasteiger partial charge is 0.326 e. The Morgan fingerprint density at radius 3 is 2.72 bits per heavy atom. The number of rotatable bonds is 5. The minimum Gasteiger partial charge on any atom is -0.480 e. The minimum absolute atomic E-state index is 0.198. The maximum Gasteiger partial charge on any atom is 0.326 e. The first-order valence-electron chi connectivity index (χ1n) is 10.2. The average molecular weight is 411 g/mol. The Morgan fingerprint density at radius 2 is 2.03 bits per heavy atom. The van der Waals surface area contributed by atoms with Crippen molar-refractivity contribution in [3.8, 4) is 0 Å². The van der Waals surface area contributed by atoms with Gasteiger partial charge >= 0.3 is 5.97 Å². The molecule has 152 valence electrons. The van der Waals surface area contributed by atoms with Gasteiger partial charge in [-0.15, -0.1) is 11.3 Å². The molecule has 2 unspecified atom stereocenters. The fraction of sp³-hybridized carbons (Fsp3) is 0.435. The molecule has 0 amide bonds. The molecule has 5 nitrogen and oxygen atoms in total. The Hall–Kier alpha value is -2.47. The summed E-state index contributed by atoms with van der Waals surface area (Å²) in [7, 11) is 0. The number of aromatic nitrogens is 2. The molecule has 0 aliphatic heterocycles. The Kier molecular flexibility index (Phi) is 5.30. The van der Waals surface area contributed by atoms with Crippen LogP contribution in [0, 0.1) is 19.8 Å². The summed E-state index contributed by atoms with van der Waals surface area (Å²) < 4.78 is 1.41. The fourth-order valence-corrected chi connectivity index (χ4v) is 5.71. The number of thiophene rings is 1. The first-order valence-corrected chi connectivity index (χ1v) is 11.0. The van der Waals surface area contributed by atoms with Crippen LogP contribution in [0.15, 0.2) is 29.1 Å². The van der Waals surface area contributed by atoms with Crippen LogP contribution in [0.4, 0.5) is 0 Å². The molecule has 1 aliphatic carbocycles.